The highest BCUT2D eigenvalue weighted by Gasteiger charge is 2.55. The predicted molar refractivity (Wildman–Crippen MR) is 172 cm³/mol. The van der Waals surface area contributed by atoms with Gasteiger partial charge in [0.1, 0.15) is 5.82 Å². The van der Waals surface area contributed by atoms with Gasteiger partial charge in [-0.05, 0) is 57.4 Å². The van der Waals surface area contributed by atoms with E-state index in [-0.39, 0.29) is 23.9 Å². The largest absolute Gasteiger partial charge is 0.481 e. The zero-order chi connectivity index (χ0) is 33.8. The number of nitrogens with two attached hydrogens (primary N) is 1. The first kappa shape index (κ1) is 33.5. The van der Waals surface area contributed by atoms with Gasteiger partial charge in [0.25, 0.3) is 0 Å². The van der Waals surface area contributed by atoms with Crippen molar-refractivity contribution in [2.45, 2.75) is 44.6 Å². The minimum Gasteiger partial charge on any atom is -0.481 e. The molecule has 1 aromatic carbocycles. The van der Waals surface area contributed by atoms with Gasteiger partial charge in [-0.15, -0.1) is 0 Å². The third kappa shape index (κ3) is 7.60. The summed E-state index contributed by atoms with van der Waals surface area (Å²) in [6.45, 7) is 7.99. The van der Waals surface area contributed by atoms with Gasteiger partial charge in [-0.25, -0.2) is 19.6 Å². The molecule has 0 spiro atoms. The van der Waals surface area contributed by atoms with Crippen molar-refractivity contribution < 1.29 is 38.9 Å². The lowest BCUT2D eigenvalue weighted by atomic mass is 9.80. The highest BCUT2D eigenvalue weighted by molar-refractivity contribution is 5.92. The lowest BCUT2D eigenvalue weighted by Crippen LogP contribution is -2.51. The Hall–Kier alpha value is -4.82. The number of allylic oxidation sites excluding steroid dienone is 2. The molecule has 3 fully saturated rings. The zero-order valence-electron chi connectivity index (χ0n) is 26.5. The molecule has 2 atom stereocenters. The first-order valence-corrected chi connectivity index (χ1v) is 15.5. The number of ether oxygens (including phenoxy) is 2. The van der Waals surface area contributed by atoms with Crippen LogP contribution in [0, 0.1) is 5.41 Å². The van der Waals surface area contributed by atoms with Crippen LogP contribution in [0.4, 0.5) is 16.3 Å². The fourth-order valence-corrected chi connectivity index (χ4v) is 5.80. The van der Waals surface area contributed by atoms with E-state index < -0.39 is 28.8 Å². The van der Waals surface area contributed by atoms with Crippen LogP contribution in [-0.4, -0.2) is 101 Å². The van der Waals surface area contributed by atoms with Crippen LogP contribution >= 0.6 is 0 Å². The molecule has 3 heterocycles. The number of urea groups is 1. The molecule has 2 saturated heterocycles. The summed E-state index contributed by atoms with van der Waals surface area (Å²) < 4.78 is 11.1. The van der Waals surface area contributed by atoms with Crippen LogP contribution in [0.2, 0.25) is 0 Å². The molecule has 2 aliphatic heterocycles. The van der Waals surface area contributed by atoms with Gasteiger partial charge >= 0.3 is 18.0 Å². The number of anilines is 2. The Kier molecular flexibility index (Phi) is 9.91. The Morgan fingerprint density at radius 1 is 1.00 bits per heavy atom. The lowest BCUT2D eigenvalue weighted by molar-refractivity contribution is -0.145. The monoisotopic (exact) mass is 648 g/mol. The number of morpholine rings is 2. The van der Waals surface area contributed by atoms with Crippen molar-refractivity contribution in [3.8, 4) is 11.4 Å². The first-order valence-electron chi connectivity index (χ1n) is 15.5. The second-order valence-corrected chi connectivity index (χ2v) is 12.4. The molecule has 1 aromatic heterocycles. The molecule has 2 aromatic rings. The topological polar surface area (TPSA) is 198 Å². The van der Waals surface area contributed by atoms with Crippen molar-refractivity contribution in [1.82, 2.24) is 14.9 Å². The number of nitrogens with zero attached hydrogens (tertiary/aromatic N) is 4. The van der Waals surface area contributed by atoms with Crippen LogP contribution in [0.15, 0.2) is 54.1 Å². The van der Waals surface area contributed by atoms with E-state index in [2.05, 4.69) is 10.2 Å². The Balaban J connectivity index is 0.000000281. The number of hydrogen-bond acceptors (Lipinski definition) is 9. The van der Waals surface area contributed by atoms with Crippen LogP contribution in [0.3, 0.4) is 0 Å². The third-order valence-corrected chi connectivity index (χ3v) is 8.82. The summed E-state index contributed by atoms with van der Waals surface area (Å²) >= 11 is 0. The Morgan fingerprint density at radius 2 is 1.68 bits per heavy atom. The van der Waals surface area contributed by atoms with Gasteiger partial charge in [-0.2, -0.15) is 0 Å². The van der Waals surface area contributed by atoms with Crippen LogP contribution in [0.1, 0.15) is 38.8 Å². The molecule has 14 nitrogen and oxygen atoms in total. The fraction of sp³-hybridized carbons (Fsp3) is 0.455. The molecule has 1 unspecified atom stereocenters. The van der Waals surface area contributed by atoms with Crippen molar-refractivity contribution in [1.29, 1.82) is 0 Å². The van der Waals surface area contributed by atoms with Gasteiger partial charge in [-0.1, -0.05) is 18.2 Å². The van der Waals surface area contributed by atoms with Gasteiger partial charge in [0.05, 0.1) is 49.0 Å². The second kappa shape index (κ2) is 13.9. The molecule has 14 heteroatoms. The third-order valence-electron chi connectivity index (χ3n) is 8.82. The summed E-state index contributed by atoms with van der Waals surface area (Å²) in [4.78, 5) is 60.1. The maximum atomic E-state index is 13.7. The Labute approximate surface area is 272 Å². The molecule has 0 bridgehead atoms. The summed E-state index contributed by atoms with van der Waals surface area (Å²) in [5, 5.41) is 20.0. The summed E-state index contributed by atoms with van der Waals surface area (Å²) in [6.07, 6.45) is 5.98. The molecule has 250 valence electrons. The number of carboxylic acid groups (broad SMARTS) is 2. The highest BCUT2D eigenvalue weighted by Crippen LogP contribution is 2.50. The molecular weight excluding hydrogens is 608 g/mol. The Bertz CT molecular complexity index is 1580. The van der Waals surface area contributed by atoms with E-state index in [0.29, 0.717) is 44.5 Å². The van der Waals surface area contributed by atoms with E-state index in [4.69, 9.17) is 35.4 Å². The number of carboxylic acids is 2. The van der Waals surface area contributed by atoms with Crippen molar-refractivity contribution >= 4 is 35.4 Å². The number of carbonyl (C=O) groups is 4. The van der Waals surface area contributed by atoms with Crippen LogP contribution in [0.5, 0.6) is 0 Å². The van der Waals surface area contributed by atoms with Gasteiger partial charge < -0.3 is 40.5 Å². The van der Waals surface area contributed by atoms with Crippen molar-refractivity contribution in [2.24, 2.45) is 11.1 Å². The van der Waals surface area contributed by atoms with E-state index in [0.717, 1.165) is 43.0 Å². The highest BCUT2D eigenvalue weighted by atomic mass is 16.5. The molecule has 47 heavy (non-hydrogen) atoms. The molecule has 1 saturated carbocycles. The average Bonchev–Trinajstić information content (AvgIpc) is 3.88. The quantitative estimate of drug-likeness (QED) is 0.344. The molecule has 4 aliphatic rings. The number of rotatable bonds is 7. The average molecular weight is 649 g/mol. The van der Waals surface area contributed by atoms with E-state index in [1.54, 1.807) is 12.1 Å². The number of hydrogen-bond donors (Lipinski definition) is 4. The molecule has 2 aliphatic carbocycles. The summed E-state index contributed by atoms with van der Waals surface area (Å²) in [5.74, 6) is -0.579. The molecule has 6 rings (SSSR count). The zero-order valence-corrected chi connectivity index (χ0v) is 26.5. The van der Waals surface area contributed by atoms with Gasteiger partial charge in [0.2, 0.25) is 5.91 Å². The number of benzene rings is 1. The SMILES string of the molecule is CC1(C(=O)O)C=CC=C(C(=O)O)C1.C[C@H]1COCCN1C(=O)C1(c2cc(N3CCOCC3)nc(-c3ccc(NC(N)=O)cc3)n2)CC1. The van der Waals surface area contributed by atoms with Gasteiger partial charge in [-0.3, -0.25) is 9.59 Å². The van der Waals surface area contributed by atoms with Gasteiger partial charge in [0.15, 0.2) is 5.82 Å². The predicted octanol–water partition coefficient (Wildman–Crippen LogP) is 2.80. The number of amides is 3. The fourth-order valence-electron chi connectivity index (χ4n) is 5.80. The first-order chi connectivity index (χ1) is 22.4. The second-order valence-electron chi connectivity index (χ2n) is 12.4. The number of carbonyl (C=O) groups excluding carboxylic acids is 2. The summed E-state index contributed by atoms with van der Waals surface area (Å²) in [6, 6.07) is 8.62. The van der Waals surface area contributed by atoms with E-state index >= 15 is 0 Å². The standard InChI is InChI=1S/C24H30N6O4.C9H10O4/c1-16-15-34-13-10-30(16)22(31)24(6-7-24)19-14-20(29-8-11-33-12-9-29)28-21(27-19)17-2-4-18(5-3-17)26-23(25)32;1-9(8(12)13)4-2-3-6(5-9)7(10)11/h2-5,14,16H,6-13,15H2,1H3,(H3,25,26,32);2-4H,5H2,1H3,(H,10,11)(H,12,13)/t16-;/m0./s1. The maximum absolute atomic E-state index is 13.7. The molecule has 3 amide bonds. The summed E-state index contributed by atoms with van der Waals surface area (Å²) in [7, 11) is 0. The van der Waals surface area contributed by atoms with E-state index in [1.807, 2.05) is 30.0 Å². The minimum absolute atomic E-state index is 0.0359. The van der Waals surface area contributed by atoms with Crippen LogP contribution < -0.4 is 16.0 Å². The van der Waals surface area contributed by atoms with E-state index in [1.165, 1.54) is 25.2 Å². The van der Waals surface area contributed by atoms with Crippen molar-refractivity contribution in [3.05, 3.63) is 59.8 Å². The summed E-state index contributed by atoms with van der Waals surface area (Å²) in [5.41, 5.74) is 5.81. The number of aromatic nitrogens is 2. The molecule has 5 N–H and O–H groups in total. The normalized spacial score (nSPS) is 23.1. The smallest absolute Gasteiger partial charge is 0.331 e. The van der Waals surface area contributed by atoms with Gasteiger partial charge in [0, 0.05) is 42.5 Å². The van der Waals surface area contributed by atoms with Crippen molar-refractivity contribution in [2.75, 3.05) is 56.3 Å². The van der Waals surface area contributed by atoms with E-state index in [9.17, 15) is 19.2 Å². The molecular formula is C33H40N6O8. The van der Waals surface area contributed by atoms with Crippen LogP contribution in [-0.2, 0) is 29.3 Å². The molecule has 0 radical (unpaired) electrons. The van der Waals surface area contributed by atoms with Crippen molar-refractivity contribution in [3.63, 3.8) is 0 Å². The number of primary amides is 1. The lowest BCUT2D eigenvalue weighted by Gasteiger charge is -2.36. The maximum Gasteiger partial charge on any atom is 0.331 e. The minimum atomic E-state index is -1.08. The number of aliphatic carboxylic acids is 2. The van der Waals surface area contributed by atoms with Crippen LogP contribution in [0.25, 0.3) is 11.4 Å². The Morgan fingerprint density at radius 3 is 2.28 bits per heavy atom. The number of nitrogens with one attached hydrogen (secondary N) is 1.